The quantitative estimate of drug-likeness (QED) is 0.727. The lowest BCUT2D eigenvalue weighted by molar-refractivity contribution is 0.417. The minimum Gasteiger partial charge on any atom is -0.495 e. The first-order valence-corrected chi connectivity index (χ1v) is 8.81. The maximum atomic E-state index is 6.13. The van der Waals surface area contributed by atoms with E-state index in [2.05, 4.69) is 15.3 Å². The minimum absolute atomic E-state index is 0.658. The van der Waals surface area contributed by atoms with Gasteiger partial charge in [0, 0.05) is 9.90 Å². The van der Waals surface area contributed by atoms with Crippen LogP contribution in [0.1, 0.15) is 23.3 Å². The van der Waals surface area contributed by atoms with Gasteiger partial charge in [-0.25, -0.2) is 9.97 Å². The molecule has 4 rings (SSSR count). The standard InChI is InChI=1S/C17H16ClN3OS/c1-22-13-7-6-10(18)8-12(13)21-16-15-11-4-2-3-5-14(11)23-17(15)20-9-19-16/h6-9H,2-5H2,1H3,(H,19,20,21). The molecule has 1 N–H and O–H groups in total. The summed E-state index contributed by atoms with van der Waals surface area (Å²) in [6.07, 6.45) is 6.36. The molecule has 0 bridgehead atoms. The zero-order chi connectivity index (χ0) is 15.8. The summed E-state index contributed by atoms with van der Waals surface area (Å²) < 4.78 is 5.42. The molecule has 4 nitrogen and oxygen atoms in total. The van der Waals surface area contributed by atoms with Crippen molar-refractivity contribution in [1.29, 1.82) is 0 Å². The highest BCUT2D eigenvalue weighted by Crippen LogP contribution is 2.40. The monoisotopic (exact) mass is 345 g/mol. The molecule has 23 heavy (non-hydrogen) atoms. The number of aryl methyl sites for hydroxylation is 2. The highest BCUT2D eigenvalue weighted by atomic mass is 35.5. The molecule has 1 aromatic carbocycles. The Morgan fingerprint density at radius 3 is 2.96 bits per heavy atom. The zero-order valence-electron chi connectivity index (χ0n) is 12.7. The molecular formula is C17H16ClN3OS. The first-order valence-electron chi connectivity index (χ1n) is 7.62. The lowest BCUT2D eigenvalue weighted by atomic mass is 9.97. The molecule has 0 radical (unpaired) electrons. The van der Waals surface area contributed by atoms with E-state index in [9.17, 15) is 0 Å². The summed E-state index contributed by atoms with van der Waals surface area (Å²) in [4.78, 5) is 11.4. The summed E-state index contributed by atoms with van der Waals surface area (Å²) in [6, 6.07) is 5.52. The lowest BCUT2D eigenvalue weighted by Crippen LogP contribution is -2.01. The molecule has 2 aromatic heterocycles. The molecule has 0 aliphatic heterocycles. The first-order chi connectivity index (χ1) is 11.3. The molecule has 0 spiro atoms. The van der Waals surface area contributed by atoms with Gasteiger partial charge in [0.05, 0.1) is 18.2 Å². The van der Waals surface area contributed by atoms with Gasteiger partial charge in [-0.1, -0.05) is 11.6 Å². The smallest absolute Gasteiger partial charge is 0.142 e. The first kappa shape index (κ1) is 14.7. The molecule has 0 saturated carbocycles. The third-order valence-electron chi connectivity index (χ3n) is 4.17. The molecule has 0 saturated heterocycles. The topological polar surface area (TPSA) is 47.0 Å². The van der Waals surface area contributed by atoms with Crippen molar-refractivity contribution in [2.75, 3.05) is 12.4 Å². The predicted molar refractivity (Wildman–Crippen MR) is 95.3 cm³/mol. The molecule has 0 amide bonds. The van der Waals surface area contributed by atoms with Crippen molar-refractivity contribution in [1.82, 2.24) is 9.97 Å². The number of methoxy groups -OCH3 is 1. The van der Waals surface area contributed by atoms with Crippen molar-refractivity contribution in [3.05, 3.63) is 40.0 Å². The molecule has 0 fully saturated rings. The van der Waals surface area contributed by atoms with E-state index < -0.39 is 0 Å². The summed E-state index contributed by atoms with van der Waals surface area (Å²) in [5.74, 6) is 1.57. The Morgan fingerprint density at radius 2 is 2.09 bits per heavy atom. The van der Waals surface area contributed by atoms with E-state index in [0.717, 1.165) is 40.3 Å². The maximum Gasteiger partial charge on any atom is 0.142 e. The highest BCUT2D eigenvalue weighted by Gasteiger charge is 2.20. The van der Waals surface area contributed by atoms with Gasteiger partial charge >= 0.3 is 0 Å². The van der Waals surface area contributed by atoms with Crippen LogP contribution in [0.2, 0.25) is 5.02 Å². The number of rotatable bonds is 3. The third kappa shape index (κ3) is 2.64. The number of ether oxygens (including phenoxy) is 1. The maximum absolute atomic E-state index is 6.13. The van der Waals surface area contributed by atoms with E-state index >= 15 is 0 Å². The molecule has 1 aliphatic carbocycles. The average molecular weight is 346 g/mol. The van der Waals surface area contributed by atoms with Crippen LogP contribution in [-0.2, 0) is 12.8 Å². The fourth-order valence-electron chi connectivity index (χ4n) is 3.09. The average Bonchev–Trinajstić information content (AvgIpc) is 2.94. The number of anilines is 2. The normalized spacial score (nSPS) is 13.8. The molecule has 3 aromatic rings. The van der Waals surface area contributed by atoms with Gasteiger partial charge in [0.25, 0.3) is 0 Å². The van der Waals surface area contributed by atoms with Crippen LogP contribution in [0.5, 0.6) is 5.75 Å². The van der Waals surface area contributed by atoms with Crippen molar-refractivity contribution in [2.24, 2.45) is 0 Å². The summed E-state index contributed by atoms with van der Waals surface area (Å²) in [5, 5.41) is 5.20. The van der Waals surface area contributed by atoms with Crippen LogP contribution in [0.3, 0.4) is 0 Å². The Bertz CT molecular complexity index is 878. The zero-order valence-corrected chi connectivity index (χ0v) is 14.3. The molecule has 1 aliphatic rings. The van der Waals surface area contributed by atoms with Gasteiger partial charge in [-0.2, -0.15) is 0 Å². The molecule has 0 atom stereocenters. The van der Waals surface area contributed by atoms with Crippen molar-refractivity contribution in [2.45, 2.75) is 25.7 Å². The summed E-state index contributed by atoms with van der Waals surface area (Å²) in [5.41, 5.74) is 2.22. The van der Waals surface area contributed by atoms with Gasteiger partial charge in [-0.3, -0.25) is 0 Å². The van der Waals surface area contributed by atoms with E-state index in [1.165, 1.54) is 23.3 Å². The number of fused-ring (bicyclic) bond motifs is 3. The minimum atomic E-state index is 0.658. The van der Waals surface area contributed by atoms with Gasteiger partial charge in [0.2, 0.25) is 0 Å². The van der Waals surface area contributed by atoms with Crippen LogP contribution in [0.4, 0.5) is 11.5 Å². The largest absolute Gasteiger partial charge is 0.495 e. The number of thiophene rings is 1. The number of nitrogens with one attached hydrogen (secondary N) is 1. The number of benzene rings is 1. The van der Waals surface area contributed by atoms with Gasteiger partial charge in [-0.15, -0.1) is 11.3 Å². The molecule has 6 heteroatoms. The van der Waals surface area contributed by atoms with Gasteiger partial charge < -0.3 is 10.1 Å². The van der Waals surface area contributed by atoms with Crippen LogP contribution in [0.15, 0.2) is 24.5 Å². The number of hydrogen-bond acceptors (Lipinski definition) is 5. The summed E-state index contributed by atoms with van der Waals surface area (Å²) >= 11 is 7.92. The van der Waals surface area contributed by atoms with E-state index in [0.29, 0.717) is 5.02 Å². The van der Waals surface area contributed by atoms with Crippen LogP contribution >= 0.6 is 22.9 Å². The lowest BCUT2D eigenvalue weighted by Gasteiger charge is -2.14. The Morgan fingerprint density at radius 1 is 1.22 bits per heavy atom. The Balaban J connectivity index is 1.83. The van der Waals surface area contributed by atoms with Crippen molar-refractivity contribution in [3.8, 4) is 5.75 Å². The second-order valence-electron chi connectivity index (χ2n) is 5.58. The van der Waals surface area contributed by atoms with E-state index in [1.807, 2.05) is 18.2 Å². The second kappa shape index (κ2) is 5.98. The molecular weight excluding hydrogens is 330 g/mol. The SMILES string of the molecule is COc1ccc(Cl)cc1Nc1ncnc2sc3c(c12)CCCC3. The Labute approximate surface area is 143 Å². The molecule has 2 heterocycles. The number of halogens is 1. The van der Waals surface area contributed by atoms with Gasteiger partial charge in [-0.05, 0) is 49.4 Å². The number of aromatic nitrogens is 2. The molecule has 0 unspecified atom stereocenters. The van der Waals surface area contributed by atoms with Gasteiger partial charge in [0.15, 0.2) is 0 Å². The summed E-state index contributed by atoms with van der Waals surface area (Å²) in [6.45, 7) is 0. The second-order valence-corrected chi connectivity index (χ2v) is 7.10. The van der Waals surface area contributed by atoms with E-state index in [-0.39, 0.29) is 0 Å². The predicted octanol–water partition coefficient (Wildman–Crippen LogP) is 4.98. The Hall–Kier alpha value is -1.85. The number of nitrogens with zero attached hydrogens (tertiary/aromatic N) is 2. The number of hydrogen-bond donors (Lipinski definition) is 1. The van der Waals surface area contributed by atoms with E-state index in [1.54, 1.807) is 24.8 Å². The van der Waals surface area contributed by atoms with Crippen LogP contribution in [-0.4, -0.2) is 17.1 Å². The summed E-state index contributed by atoms with van der Waals surface area (Å²) in [7, 11) is 1.65. The van der Waals surface area contributed by atoms with Crippen LogP contribution < -0.4 is 10.1 Å². The van der Waals surface area contributed by atoms with Gasteiger partial charge in [0.1, 0.15) is 22.7 Å². The van der Waals surface area contributed by atoms with Crippen molar-refractivity contribution in [3.63, 3.8) is 0 Å². The van der Waals surface area contributed by atoms with Crippen LogP contribution in [0, 0.1) is 0 Å². The van der Waals surface area contributed by atoms with E-state index in [4.69, 9.17) is 16.3 Å². The fourth-order valence-corrected chi connectivity index (χ4v) is 4.49. The van der Waals surface area contributed by atoms with Crippen LogP contribution in [0.25, 0.3) is 10.2 Å². The fraction of sp³-hybridized carbons (Fsp3) is 0.294. The third-order valence-corrected chi connectivity index (χ3v) is 5.60. The van der Waals surface area contributed by atoms with Crippen molar-refractivity contribution >= 4 is 44.7 Å². The molecule has 118 valence electrons. The Kier molecular flexibility index (Phi) is 3.83. The van der Waals surface area contributed by atoms with Crippen molar-refractivity contribution < 1.29 is 4.74 Å². The highest BCUT2D eigenvalue weighted by molar-refractivity contribution is 7.19.